The smallest absolute Gasteiger partial charge is 0.264 e. The van der Waals surface area contributed by atoms with Crippen molar-refractivity contribution in [3.05, 3.63) is 29.8 Å². The molecule has 1 aliphatic carbocycles. The number of nitrogens with zero attached hydrogens (tertiary/aromatic N) is 2. The summed E-state index contributed by atoms with van der Waals surface area (Å²) >= 11 is 0. The van der Waals surface area contributed by atoms with E-state index in [1.807, 2.05) is 24.3 Å². The third-order valence-corrected chi connectivity index (χ3v) is 6.55. The van der Waals surface area contributed by atoms with Crippen molar-refractivity contribution in [1.82, 2.24) is 0 Å². The summed E-state index contributed by atoms with van der Waals surface area (Å²) in [6, 6.07) is 7.67. The van der Waals surface area contributed by atoms with Gasteiger partial charge in [-0.15, -0.1) is 0 Å². The van der Waals surface area contributed by atoms with E-state index in [-0.39, 0.29) is 23.8 Å². The number of rotatable bonds is 2. The Hall–Kier alpha value is -1.76. The average molecular weight is 342 g/mol. The fourth-order valence-corrected chi connectivity index (χ4v) is 5.54. The van der Waals surface area contributed by atoms with Crippen LogP contribution in [0, 0.1) is 11.8 Å². The molecule has 0 aromatic heterocycles. The minimum atomic E-state index is -0.928. The lowest BCUT2D eigenvalue weighted by molar-refractivity contribution is -0.152. The molecule has 1 aromatic carbocycles. The number of anilines is 1. The van der Waals surface area contributed by atoms with Crippen LogP contribution in [-0.2, 0) is 19.8 Å². The second-order valence-corrected chi connectivity index (χ2v) is 7.45. The summed E-state index contributed by atoms with van der Waals surface area (Å²) in [5.74, 6) is 0.0171. The molecule has 6 rings (SSSR count). The molecule has 3 fully saturated rings. The maximum absolute atomic E-state index is 13.4. The molecule has 1 spiro atoms. The molecule has 0 radical (unpaired) electrons. The first kappa shape index (κ1) is 15.5. The molecular weight excluding hydrogens is 320 g/mol. The van der Waals surface area contributed by atoms with E-state index >= 15 is 0 Å². The SMILES string of the molecule is CCC1=NC2C[C@@]3(C(=O)N(OC)c4ccccc43)[C@@H]3OCC2C1[C@H]3O. The normalized spacial score (nSPS) is 41.2. The van der Waals surface area contributed by atoms with Crippen molar-refractivity contribution in [2.75, 3.05) is 18.8 Å². The van der Waals surface area contributed by atoms with Gasteiger partial charge in [0.2, 0.25) is 0 Å². The Morgan fingerprint density at radius 1 is 1.44 bits per heavy atom. The molecule has 6 atom stereocenters. The number of hydrogen-bond donors (Lipinski definition) is 1. The van der Waals surface area contributed by atoms with E-state index < -0.39 is 17.6 Å². The van der Waals surface area contributed by atoms with Gasteiger partial charge in [0, 0.05) is 17.5 Å². The average Bonchev–Trinajstić information content (AvgIpc) is 3.00. The van der Waals surface area contributed by atoms with Crippen molar-refractivity contribution in [2.45, 2.75) is 43.4 Å². The first-order valence-electron chi connectivity index (χ1n) is 8.98. The highest BCUT2D eigenvalue weighted by molar-refractivity contribution is 6.07. The lowest BCUT2D eigenvalue weighted by Crippen LogP contribution is -2.58. The van der Waals surface area contributed by atoms with Crippen LogP contribution in [0.15, 0.2) is 29.3 Å². The number of hydrogen-bond acceptors (Lipinski definition) is 5. The number of amides is 1. The summed E-state index contributed by atoms with van der Waals surface area (Å²) < 4.78 is 6.12. The van der Waals surface area contributed by atoms with Crippen molar-refractivity contribution < 1.29 is 19.5 Å². The Bertz CT molecular complexity index is 778. The molecule has 5 aliphatic rings. The van der Waals surface area contributed by atoms with Crippen molar-refractivity contribution >= 4 is 17.3 Å². The van der Waals surface area contributed by atoms with Crippen LogP contribution >= 0.6 is 0 Å². The van der Waals surface area contributed by atoms with Gasteiger partial charge in [-0.1, -0.05) is 25.1 Å². The number of carbonyl (C=O) groups is 1. The number of ether oxygens (including phenoxy) is 1. The Balaban J connectivity index is 1.73. The highest BCUT2D eigenvalue weighted by atomic mass is 16.7. The predicted molar refractivity (Wildman–Crippen MR) is 91.5 cm³/mol. The monoisotopic (exact) mass is 342 g/mol. The van der Waals surface area contributed by atoms with Gasteiger partial charge in [0.1, 0.15) is 11.5 Å². The second-order valence-electron chi connectivity index (χ2n) is 7.45. The molecule has 1 amide bonds. The summed E-state index contributed by atoms with van der Waals surface area (Å²) in [4.78, 5) is 23.7. The number of benzene rings is 1. The predicted octanol–water partition coefficient (Wildman–Crippen LogP) is 1.46. The van der Waals surface area contributed by atoms with Gasteiger partial charge in [-0.25, -0.2) is 0 Å². The number of aliphatic hydroxyl groups is 1. The van der Waals surface area contributed by atoms with Crippen LogP contribution in [-0.4, -0.2) is 48.7 Å². The highest BCUT2D eigenvalue weighted by Crippen LogP contribution is 2.56. The Morgan fingerprint density at radius 2 is 2.24 bits per heavy atom. The first-order valence-corrected chi connectivity index (χ1v) is 8.98. The molecule has 4 heterocycles. The maximum atomic E-state index is 13.4. The molecule has 1 aromatic rings. The molecule has 2 saturated heterocycles. The number of aliphatic hydroxyl groups excluding tert-OH is 1. The number of fused-ring (bicyclic) bond motifs is 2. The second kappa shape index (κ2) is 5.13. The van der Waals surface area contributed by atoms with Gasteiger partial charge in [0.15, 0.2) is 0 Å². The summed E-state index contributed by atoms with van der Waals surface area (Å²) in [7, 11) is 1.50. The molecule has 132 valence electrons. The van der Waals surface area contributed by atoms with Crippen LogP contribution in [0.5, 0.6) is 0 Å². The standard InChI is InChI=1S/C19H22N2O4/c1-3-12-15-10-9-25-17(16(15)22)19(8-13(10)20-12)11-6-4-5-7-14(11)21(24-2)18(19)23/h4-7,10,13,15-17,22H,3,8-9H2,1-2H3/t10?,13?,15?,16-,17-,19+/m1/s1. The van der Waals surface area contributed by atoms with E-state index in [1.165, 1.54) is 12.2 Å². The third kappa shape index (κ3) is 1.70. The maximum Gasteiger partial charge on any atom is 0.264 e. The Labute approximate surface area is 146 Å². The van der Waals surface area contributed by atoms with Gasteiger partial charge in [0.25, 0.3) is 5.91 Å². The van der Waals surface area contributed by atoms with Crippen LogP contribution in [0.4, 0.5) is 5.69 Å². The molecular formula is C19H22N2O4. The number of carbonyl (C=O) groups excluding carboxylic acids is 1. The molecule has 1 N–H and O–H groups in total. The zero-order valence-electron chi connectivity index (χ0n) is 14.4. The van der Waals surface area contributed by atoms with E-state index in [1.54, 1.807) is 0 Å². The lowest BCUT2D eigenvalue weighted by Gasteiger charge is -2.42. The van der Waals surface area contributed by atoms with Crippen LogP contribution in [0.3, 0.4) is 0 Å². The van der Waals surface area contributed by atoms with E-state index in [2.05, 4.69) is 6.92 Å². The Kier molecular flexibility index (Phi) is 3.18. The van der Waals surface area contributed by atoms with Gasteiger partial charge >= 0.3 is 0 Å². The molecule has 25 heavy (non-hydrogen) atoms. The zero-order valence-corrected chi connectivity index (χ0v) is 14.4. The largest absolute Gasteiger partial charge is 0.390 e. The van der Waals surface area contributed by atoms with Gasteiger partial charge < -0.3 is 9.84 Å². The summed E-state index contributed by atoms with van der Waals surface area (Å²) in [6.07, 6.45) is 0.113. The van der Waals surface area contributed by atoms with Gasteiger partial charge in [-0.2, -0.15) is 5.06 Å². The van der Waals surface area contributed by atoms with Gasteiger partial charge in [0.05, 0.1) is 31.5 Å². The quantitative estimate of drug-likeness (QED) is 0.883. The lowest BCUT2D eigenvalue weighted by atomic mass is 9.70. The zero-order chi connectivity index (χ0) is 17.3. The minimum Gasteiger partial charge on any atom is -0.390 e. The van der Waals surface area contributed by atoms with E-state index in [0.717, 1.165) is 23.4 Å². The molecule has 4 aliphatic heterocycles. The van der Waals surface area contributed by atoms with Crippen molar-refractivity contribution in [3.63, 3.8) is 0 Å². The van der Waals surface area contributed by atoms with Crippen LogP contribution in [0.1, 0.15) is 25.3 Å². The highest BCUT2D eigenvalue weighted by Gasteiger charge is 2.67. The Morgan fingerprint density at radius 3 is 3.00 bits per heavy atom. The van der Waals surface area contributed by atoms with Gasteiger partial charge in [-0.3, -0.25) is 14.6 Å². The minimum absolute atomic E-state index is 0.00434. The van der Waals surface area contributed by atoms with Crippen molar-refractivity contribution in [2.24, 2.45) is 16.8 Å². The number of aliphatic imine (C=N–C) groups is 1. The van der Waals surface area contributed by atoms with Gasteiger partial charge in [-0.05, 0) is 24.5 Å². The fourth-order valence-electron chi connectivity index (χ4n) is 5.54. The number of para-hydroxylation sites is 1. The molecule has 6 heteroatoms. The van der Waals surface area contributed by atoms with Crippen molar-refractivity contribution in [1.29, 1.82) is 0 Å². The van der Waals surface area contributed by atoms with Crippen LogP contribution in [0.25, 0.3) is 0 Å². The molecule has 1 saturated carbocycles. The van der Waals surface area contributed by atoms with E-state index in [4.69, 9.17) is 14.6 Å². The van der Waals surface area contributed by atoms with E-state index in [9.17, 15) is 9.90 Å². The first-order chi connectivity index (χ1) is 12.1. The molecule has 6 nitrogen and oxygen atoms in total. The van der Waals surface area contributed by atoms with Crippen molar-refractivity contribution in [3.8, 4) is 0 Å². The third-order valence-electron chi connectivity index (χ3n) is 6.55. The fraction of sp³-hybridized carbons (Fsp3) is 0.579. The topological polar surface area (TPSA) is 71.4 Å². The molecule has 3 unspecified atom stereocenters. The molecule has 4 bridgehead atoms. The summed E-state index contributed by atoms with van der Waals surface area (Å²) in [6.45, 7) is 2.63. The van der Waals surface area contributed by atoms with E-state index in [0.29, 0.717) is 13.0 Å². The van der Waals surface area contributed by atoms with Crippen LogP contribution < -0.4 is 5.06 Å². The summed E-state index contributed by atoms with van der Waals surface area (Å²) in [5, 5.41) is 12.5. The van der Waals surface area contributed by atoms with Crippen LogP contribution in [0.2, 0.25) is 0 Å². The number of hydroxylamine groups is 1. The summed E-state index contributed by atoms with van der Waals surface area (Å²) in [5.41, 5.74) is 1.77.